The Balaban J connectivity index is 2.39. The lowest BCUT2D eigenvalue weighted by Crippen LogP contribution is -2.40. The molecule has 0 bridgehead atoms. The lowest BCUT2D eigenvalue weighted by molar-refractivity contribution is -0.142. The van der Waals surface area contributed by atoms with Gasteiger partial charge in [-0.3, -0.25) is 0 Å². The molecule has 2 aromatic carbocycles. The third-order valence-electron chi connectivity index (χ3n) is 3.31. The highest BCUT2D eigenvalue weighted by molar-refractivity contribution is 6.30. The number of hydrogen-bond acceptors (Lipinski definition) is 3. The fourth-order valence-corrected chi connectivity index (χ4v) is 2.13. The molecule has 0 aliphatic carbocycles. The van der Waals surface area contributed by atoms with Gasteiger partial charge in [-0.1, -0.05) is 23.7 Å². The summed E-state index contributed by atoms with van der Waals surface area (Å²) in [7, 11) is 1.55. The first-order valence-electron chi connectivity index (χ1n) is 6.37. The van der Waals surface area contributed by atoms with E-state index in [1.807, 2.05) is 0 Å². The van der Waals surface area contributed by atoms with Crippen molar-refractivity contribution in [3.8, 4) is 5.75 Å². The van der Waals surface area contributed by atoms with Crippen molar-refractivity contribution in [2.75, 3.05) is 12.4 Å². The number of carbonyl (C=O) groups is 1. The third kappa shape index (κ3) is 3.28. The molecule has 21 heavy (non-hydrogen) atoms. The summed E-state index contributed by atoms with van der Waals surface area (Å²) in [6.45, 7) is 1.61. The van der Waals surface area contributed by atoms with Crippen LogP contribution >= 0.6 is 11.6 Å². The molecular formula is C16H16ClNO3. The molecule has 0 aromatic heterocycles. The van der Waals surface area contributed by atoms with Crippen LogP contribution in [0.4, 0.5) is 5.69 Å². The molecule has 2 rings (SSSR count). The summed E-state index contributed by atoms with van der Waals surface area (Å²) in [4.78, 5) is 11.8. The average Bonchev–Trinajstić information content (AvgIpc) is 2.49. The van der Waals surface area contributed by atoms with Gasteiger partial charge in [0.1, 0.15) is 5.75 Å². The maximum atomic E-state index is 11.8. The summed E-state index contributed by atoms with van der Waals surface area (Å²) in [5.41, 5.74) is -0.000964. The average molecular weight is 306 g/mol. The second-order valence-electron chi connectivity index (χ2n) is 4.79. The first kappa shape index (κ1) is 15.2. The van der Waals surface area contributed by atoms with E-state index in [1.54, 1.807) is 62.6 Å². The van der Waals surface area contributed by atoms with E-state index >= 15 is 0 Å². The van der Waals surface area contributed by atoms with E-state index in [2.05, 4.69) is 5.32 Å². The number of aliphatic carboxylic acids is 1. The highest BCUT2D eigenvalue weighted by Crippen LogP contribution is 2.29. The summed E-state index contributed by atoms with van der Waals surface area (Å²) in [6.07, 6.45) is 0. The van der Waals surface area contributed by atoms with Crippen LogP contribution in [0.25, 0.3) is 0 Å². The Labute approximate surface area is 128 Å². The minimum Gasteiger partial charge on any atom is -0.497 e. The zero-order chi connectivity index (χ0) is 15.5. The molecule has 4 nitrogen and oxygen atoms in total. The molecule has 0 aliphatic heterocycles. The molecular weight excluding hydrogens is 290 g/mol. The smallest absolute Gasteiger partial charge is 0.333 e. The van der Waals surface area contributed by atoms with E-state index in [1.165, 1.54) is 0 Å². The van der Waals surface area contributed by atoms with Crippen molar-refractivity contribution in [3.05, 3.63) is 59.1 Å². The highest BCUT2D eigenvalue weighted by atomic mass is 35.5. The summed E-state index contributed by atoms with van der Waals surface area (Å²) in [6, 6.07) is 13.9. The van der Waals surface area contributed by atoms with Gasteiger partial charge < -0.3 is 15.2 Å². The van der Waals surface area contributed by atoms with Crippen molar-refractivity contribution < 1.29 is 14.6 Å². The number of benzene rings is 2. The van der Waals surface area contributed by atoms with Crippen molar-refractivity contribution in [1.29, 1.82) is 0 Å². The van der Waals surface area contributed by atoms with Gasteiger partial charge >= 0.3 is 5.97 Å². The summed E-state index contributed by atoms with van der Waals surface area (Å²) in [5, 5.41) is 13.3. The van der Waals surface area contributed by atoms with Gasteiger partial charge in [-0.15, -0.1) is 0 Å². The molecule has 0 spiro atoms. The Morgan fingerprint density at radius 1 is 1.24 bits per heavy atom. The van der Waals surface area contributed by atoms with Crippen LogP contribution < -0.4 is 10.1 Å². The first-order valence-corrected chi connectivity index (χ1v) is 6.75. The second-order valence-corrected chi connectivity index (χ2v) is 5.23. The van der Waals surface area contributed by atoms with Gasteiger partial charge in [0.15, 0.2) is 5.54 Å². The highest BCUT2D eigenvalue weighted by Gasteiger charge is 2.35. The van der Waals surface area contributed by atoms with Crippen LogP contribution in [0.5, 0.6) is 5.75 Å². The Hall–Kier alpha value is -2.20. The minimum atomic E-state index is -1.28. The lowest BCUT2D eigenvalue weighted by atomic mass is 9.91. The zero-order valence-electron chi connectivity index (χ0n) is 11.8. The van der Waals surface area contributed by atoms with Gasteiger partial charge in [-0.2, -0.15) is 0 Å². The van der Waals surface area contributed by atoms with Crippen LogP contribution in [-0.2, 0) is 10.3 Å². The quantitative estimate of drug-likeness (QED) is 0.883. The van der Waals surface area contributed by atoms with E-state index in [-0.39, 0.29) is 0 Å². The number of ether oxygens (including phenoxy) is 1. The number of halogens is 1. The molecule has 1 atom stereocenters. The molecule has 2 N–H and O–H groups in total. The van der Waals surface area contributed by atoms with Crippen LogP contribution in [0.1, 0.15) is 12.5 Å². The SMILES string of the molecule is COc1cccc(C(C)(Nc2ccc(Cl)cc2)C(=O)O)c1. The van der Waals surface area contributed by atoms with Crippen molar-refractivity contribution in [1.82, 2.24) is 0 Å². The lowest BCUT2D eigenvalue weighted by Gasteiger charge is -2.28. The van der Waals surface area contributed by atoms with Gasteiger partial charge in [-0.05, 0) is 48.9 Å². The van der Waals surface area contributed by atoms with E-state index in [0.29, 0.717) is 22.0 Å². The first-order chi connectivity index (χ1) is 9.95. The monoisotopic (exact) mass is 305 g/mol. The molecule has 0 fully saturated rings. The number of anilines is 1. The molecule has 0 aliphatic rings. The molecule has 0 amide bonds. The van der Waals surface area contributed by atoms with Crippen LogP contribution in [0, 0.1) is 0 Å². The van der Waals surface area contributed by atoms with E-state index < -0.39 is 11.5 Å². The summed E-state index contributed by atoms with van der Waals surface area (Å²) < 4.78 is 5.16. The molecule has 0 heterocycles. The number of carboxylic acids is 1. The zero-order valence-corrected chi connectivity index (χ0v) is 12.5. The molecule has 1 unspecified atom stereocenters. The van der Waals surface area contributed by atoms with Crippen molar-refractivity contribution >= 4 is 23.3 Å². The number of rotatable bonds is 5. The van der Waals surface area contributed by atoms with E-state index in [9.17, 15) is 9.90 Å². The van der Waals surface area contributed by atoms with Crippen LogP contribution in [-0.4, -0.2) is 18.2 Å². The molecule has 110 valence electrons. The number of methoxy groups -OCH3 is 1. The van der Waals surface area contributed by atoms with Gasteiger partial charge in [0.25, 0.3) is 0 Å². The largest absolute Gasteiger partial charge is 0.497 e. The number of hydrogen-bond donors (Lipinski definition) is 2. The Kier molecular flexibility index (Phi) is 4.38. The van der Waals surface area contributed by atoms with Crippen LogP contribution in [0.3, 0.4) is 0 Å². The fourth-order valence-electron chi connectivity index (χ4n) is 2.01. The number of carboxylic acid groups (broad SMARTS) is 1. The van der Waals surface area contributed by atoms with Crippen LogP contribution in [0.2, 0.25) is 5.02 Å². The normalized spacial score (nSPS) is 13.3. The Morgan fingerprint density at radius 2 is 1.90 bits per heavy atom. The van der Waals surface area contributed by atoms with Crippen molar-refractivity contribution in [2.24, 2.45) is 0 Å². The van der Waals surface area contributed by atoms with Crippen LogP contribution in [0.15, 0.2) is 48.5 Å². The minimum absolute atomic E-state index is 0.596. The molecule has 5 heteroatoms. The molecule has 2 aromatic rings. The summed E-state index contributed by atoms with van der Waals surface area (Å²) in [5.74, 6) is -0.372. The van der Waals surface area contributed by atoms with Gasteiger partial charge in [0.05, 0.1) is 7.11 Å². The Bertz CT molecular complexity index is 642. The number of nitrogens with one attached hydrogen (secondary N) is 1. The van der Waals surface area contributed by atoms with Crippen molar-refractivity contribution in [2.45, 2.75) is 12.5 Å². The maximum Gasteiger partial charge on any atom is 0.333 e. The predicted molar refractivity (Wildman–Crippen MR) is 83.1 cm³/mol. The standard InChI is InChI=1S/C16H16ClNO3/c1-16(15(19)20,11-4-3-5-14(10-11)21-2)18-13-8-6-12(17)7-9-13/h3-10,18H,1-2H3,(H,19,20). The fraction of sp³-hybridized carbons (Fsp3) is 0.188. The molecule has 0 saturated carbocycles. The molecule has 0 radical (unpaired) electrons. The maximum absolute atomic E-state index is 11.8. The van der Waals surface area contributed by atoms with Gasteiger partial charge in [0, 0.05) is 10.7 Å². The topological polar surface area (TPSA) is 58.6 Å². The second kappa shape index (κ2) is 6.06. The molecule has 0 saturated heterocycles. The summed E-state index contributed by atoms with van der Waals surface area (Å²) >= 11 is 5.84. The van der Waals surface area contributed by atoms with Gasteiger partial charge in [-0.25, -0.2) is 4.79 Å². The van der Waals surface area contributed by atoms with E-state index in [4.69, 9.17) is 16.3 Å². The van der Waals surface area contributed by atoms with Crippen molar-refractivity contribution in [3.63, 3.8) is 0 Å². The Morgan fingerprint density at radius 3 is 2.48 bits per heavy atom. The third-order valence-corrected chi connectivity index (χ3v) is 3.57. The van der Waals surface area contributed by atoms with E-state index in [0.717, 1.165) is 0 Å². The van der Waals surface area contributed by atoms with Gasteiger partial charge in [0.2, 0.25) is 0 Å². The predicted octanol–water partition coefficient (Wildman–Crippen LogP) is 3.76.